The minimum Gasteiger partial charge on any atom is -0.280 e. The number of aliphatic imine (C=N–C) groups is 2. The summed E-state index contributed by atoms with van der Waals surface area (Å²) < 4.78 is 0. The molecular formula is C34H42N2. The Morgan fingerprint density at radius 3 is 2.69 bits per heavy atom. The number of rotatable bonds is 7. The minimum atomic E-state index is 0.156. The molecule has 1 aromatic rings. The van der Waals surface area contributed by atoms with Gasteiger partial charge >= 0.3 is 0 Å². The van der Waals surface area contributed by atoms with Crippen LogP contribution in [-0.2, 0) is 6.42 Å². The molecule has 2 heterocycles. The normalized spacial score (nSPS) is 30.5. The second kappa shape index (κ2) is 9.43. The molecule has 0 saturated heterocycles. The number of fused-ring (bicyclic) bond motifs is 3. The third-order valence-electron chi connectivity index (χ3n) is 9.27. The van der Waals surface area contributed by atoms with Gasteiger partial charge in [0.2, 0.25) is 0 Å². The number of hydrogen-bond acceptors (Lipinski definition) is 2. The minimum absolute atomic E-state index is 0.156. The molecule has 5 aliphatic rings. The predicted molar refractivity (Wildman–Crippen MR) is 154 cm³/mol. The Balaban J connectivity index is 1.22. The van der Waals surface area contributed by atoms with E-state index in [9.17, 15) is 0 Å². The molecule has 36 heavy (non-hydrogen) atoms. The SMILES string of the molecule is CC1=CC2=CC=C(c3ccc(C4=CN=C(C5[C@H]6CC[C@@H]5C(CC(C)C)C6)C4)c(CC(C)C)c3)C2N=C1. The molecular weight excluding hydrogens is 436 g/mol. The molecule has 1 aromatic carbocycles. The molecule has 3 aliphatic carbocycles. The molecule has 2 aliphatic heterocycles. The fourth-order valence-corrected chi connectivity index (χ4v) is 7.97. The van der Waals surface area contributed by atoms with E-state index >= 15 is 0 Å². The Bertz CT molecular complexity index is 1230. The van der Waals surface area contributed by atoms with Crippen molar-refractivity contribution in [2.75, 3.05) is 0 Å². The number of allylic oxidation sites excluding steroid dienone is 4. The third kappa shape index (κ3) is 4.31. The summed E-state index contributed by atoms with van der Waals surface area (Å²) in [5, 5.41) is 0. The fraction of sp³-hybridized carbons (Fsp3) is 0.529. The maximum Gasteiger partial charge on any atom is 0.100 e. The van der Waals surface area contributed by atoms with Gasteiger partial charge in [0, 0.05) is 30.5 Å². The molecule has 2 nitrogen and oxygen atoms in total. The summed E-state index contributed by atoms with van der Waals surface area (Å²) in [5.41, 5.74) is 11.0. The van der Waals surface area contributed by atoms with Crippen LogP contribution in [-0.4, -0.2) is 18.0 Å². The smallest absolute Gasteiger partial charge is 0.100 e. The molecule has 0 radical (unpaired) electrons. The zero-order chi connectivity index (χ0) is 25.0. The van der Waals surface area contributed by atoms with Crippen LogP contribution in [0.2, 0.25) is 0 Å². The van der Waals surface area contributed by atoms with Crippen LogP contribution < -0.4 is 0 Å². The van der Waals surface area contributed by atoms with Crippen molar-refractivity contribution in [2.45, 2.75) is 79.2 Å². The summed E-state index contributed by atoms with van der Waals surface area (Å²) in [6.07, 6.45) is 18.9. The quantitative estimate of drug-likeness (QED) is 0.375. The van der Waals surface area contributed by atoms with Gasteiger partial charge in [-0.05, 0) is 108 Å². The van der Waals surface area contributed by atoms with Gasteiger partial charge in [0.25, 0.3) is 0 Å². The van der Waals surface area contributed by atoms with Gasteiger partial charge in [0.15, 0.2) is 0 Å². The van der Waals surface area contributed by atoms with Crippen LogP contribution in [0.4, 0.5) is 0 Å². The van der Waals surface area contributed by atoms with Crippen molar-refractivity contribution in [2.24, 2.45) is 45.5 Å². The Morgan fingerprint density at radius 2 is 1.89 bits per heavy atom. The first kappa shape index (κ1) is 23.9. The van der Waals surface area contributed by atoms with E-state index in [0.717, 1.165) is 42.4 Å². The van der Waals surface area contributed by atoms with Gasteiger partial charge in [-0.15, -0.1) is 0 Å². The number of hydrogen-bond donors (Lipinski definition) is 0. The van der Waals surface area contributed by atoms with Crippen molar-refractivity contribution in [3.8, 4) is 0 Å². The van der Waals surface area contributed by atoms with Crippen LogP contribution in [0.25, 0.3) is 11.1 Å². The highest BCUT2D eigenvalue weighted by Crippen LogP contribution is 2.56. The second-order valence-corrected chi connectivity index (χ2v) is 12.9. The summed E-state index contributed by atoms with van der Waals surface area (Å²) in [6, 6.07) is 7.33. The van der Waals surface area contributed by atoms with E-state index in [4.69, 9.17) is 9.98 Å². The van der Waals surface area contributed by atoms with Gasteiger partial charge < -0.3 is 0 Å². The Labute approximate surface area is 218 Å². The van der Waals surface area contributed by atoms with Crippen LogP contribution in [0.3, 0.4) is 0 Å². The van der Waals surface area contributed by atoms with Crippen LogP contribution in [0, 0.1) is 35.5 Å². The van der Waals surface area contributed by atoms with Gasteiger partial charge in [-0.25, -0.2) is 0 Å². The molecule has 2 bridgehead atoms. The summed E-state index contributed by atoms with van der Waals surface area (Å²) in [4.78, 5) is 9.98. The predicted octanol–water partition coefficient (Wildman–Crippen LogP) is 8.50. The summed E-state index contributed by atoms with van der Waals surface area (Å²) in [6.45, 7) is 11.6. The topological polar surface area (TPSA) is 24.7 Å². The Morgan fingerprint density at radius 1 is 1.03 bits per heavy atom. The van der Waals surface area contributed by atoms with Crippen molar-refractivity contribution >= 4 is 23.1 Å². The Hall–Kier alpha value is -2.48. The molecule has 0 aromatic heterocycles. The van der Waals surface area contributed by atoms with Crippen molar-refractivity contribution < 1.29 is 0 Å². The van der Waals surface area contributed by atoms with E-state index in [1.807, 2.05) is 6.21 Å². The number of benzene rings is 1. The molecule has 0 spiro atoms. The van der Waals surface area contributed by atoms with Crippen LogP contribution >= 0.6 is 0 Å². The zero-order valence-corrected chi connectivity index (χ0v) is 22.8. The van der Waals surface area contributed by atoms with E-state index in [0.29, 0.717) is 5.92 Å². The van der Waals surface area contributed by atoms with E-state index < -0.39 is 0 Å². The number of nitrogens with zero attached hydrogens (tertiary/aromatic N) is 2. The molecule has 0 N–H and O–H groups in total. The van der Waals surface area contributed by atoms with Crippen molar-refractivity contribution in [1.82, 2.24) is 0 Å². The highest BCUT2D eigenvalue weighted by atomic mass is 14.8. The summed E-state index contributed by atoms with van der Waals surface area (Å²) >= 11 is 0. The van der Waals surface area contributed by atoms with Gasteiger partial charge in [-0.2, -0.15) is 0 Å². The van der Waals surface area contributed by atoms with E-state index in [-0.39, 0.29) is 6.04 Å². The Kier molecular flexibility index (Phi) is 6.26. The molecule has 6 rings (SSSR count). The molecule has 0 amide bonds. The lowest BCUT2D eigenvalue weighted by molar-refractivity contribution is 0.279. The van der Waals surface area contributed by atoms with Gasteiger partial charge in [0.05, 0.1) is 0 Å². The second-order valence-electron chi connectivity index (χ2n) is 12.9. The monoisotopic (exact) mass is 478 g/mol. The van der Waals surface area contributed by atoms with E-state index in [1.54, 1.807) is 0 Å². The summed E-state index contributed by atoms with van der Waals surface area (Å²) in [5.74, 6) is 4.86. The maximum absolute atomic E-state index is 5.12. The lowest BCUT2D eigenvalue weighted by Gasteiger charge is -2.24. The van der Waals surface area contributed by atoms with E-state index in [1.165, 1.54) is 70.4 Å². The highest BCUT2D eigenvalue weighted by Gasteiger charge is 2.50. The lowest BCUT2D eigenvalue weighted by atomic mass is 9.81. The van der Waals surface area contributed by atoms with Crippen molar-refractivity contribution in [1.29, 1.82) is 0 Å². The highest BCUT2D eigenvalue weighted by molar-refractivity contribution is 6.01. The van der Waals surface area contributed by atoms with Crippen molar-refractivity contribution in [3.63, 3.8) is 0 Å². The molecule has 5 atom stereocenters. The first-order chi connectivity index (χ1) is 17.4. The molecule has 3 unspecified atom stereocenters. The zero-order valence-electron chi connectivity index (χ0n) is 22.8. The fourth-order valence-electron chi connectivity index (χ4n) is 7.97. The van der Waals surface area contributed by atoms with Crippen molar-refractivity contribution in [3.05, 3.63) is 70.5 Å². The molecule has 188 valence electrons. The van der Waals surface area contributed by atoms with Gasteiger partial charge in [-0.1, -0.05) is 64.1 Å². The standard InChI is InChI=1S/C34H42N2/c1-20(2)12-26-15-23(31-11-8-25-14-22(5)18-36-34(25)31)6-9-29(26)28-17-32(35-19-28)33-24-7-10-30(33)27(16-24)13-21(3)4/h6,8-9,11,14-15,18-21,24,27,30,33-34H,7,10,12-13,16-17H2,1-5H3/t24-,27?,30+,33?,34?/m0/s1. The first-order valence-electron chi connectivity index (χ1n) is 14.4. The lowest BCUT2D eigenvalue weighted by Crippen LogP contribution is -2.20. The van der Waals surface area contributed by atoms with Crippen LogP contribution in [0.5, 0.6) is 0 Å². The molecule has 2 heteroatoms. The maximum atomic E-state index is 5.12. The first-order valence-corrected chi connectivity index (χ1v) is 14.4. The molecule has 2 fully saturated rings. The summed E-state index contributed by atoms with van der Waals surface area (Å²) in [7, 11) is 0. The number of dihydropyridines is 1. The van der Waals surface area contributed by atoms with E-state index in [2.05, 4.69) is 77.2 Å². The average Bonchev–Trinajstić information content (AvgIpc) is 3.60. The van der Waals surface area contributed by atoms with Gasteiger partial charge in [-0.3, -0.25) is 9.98 Å². The third-order valence-corrected chi connectivity index (χ3v) is 9.27. The molecule has 2 saturated carbocycles. The van der Waals surface area contributed by atoms with Gasteiger partial charge in [0.1, 0.15) is 6.04 Å². The largest absolute Gasteiger partial charge is 0.280 e. The average molecular weight is 479 g/mol. The van der Waals surface area contributed by atoms with Crippen LogP contribution in [0.1, 0.15) is 83.4 Å². The van der Waals surface area contributed by atoms with Crippen LogP contribution in [0.15, 0.2) is 63.8 Å².